The lowest BCUT2D eigenvalue weighted by Gasteiger charge is -2.19. The summed E-state index contributed by atoms with van der Waals surface area (Å²) in [6, 6.07) is 6.26. The Hall–Kier alpha value is -1.82. The van der Waals surface area contributed by atoms with Crippen LogP contribution in [0.3, 0.4) is 0 Å². The predicted octanol–water partition coefficient (Wildman–Crippen LogP) is 4.21. The van der Waals surface area contributed by atoms with Crippen LogP contribution in [0.1, 0.15) is 11.1 Å². The summed E-state index contributed by atoms with van der Waals surface area (Å²) in [4.78, 5) is 1.20. The van der Waals surface area contributed by atoms with Gasteiger partial charge in [0, 0.05) is 10.0 Å². The van der Waals surface area contributed by atoms with Crippen molar-refractivity contribution in [2.45, 2.75) is 6.54 Å². The van der Waals surface area contributed by atoms with E-state index in [0.29, 0.717) is 11.1 Å². The molecule has 2 aromatic rings. The Bertz CT molecular complexity index is 707. The molecule has 3 rings (SSSR count). The maximum Gasteiger partial charge on any atom is 0.151 e. The molecule has 0 atom stereocenters. The quantitative estimate of drug-likeness (QED) is 0.827. The topological polar surface area (TPSA) is 27.1 Å². The molecule has 0 spiro atoms. The van der Waals surface area contributed by atoms with Crippen LogP contribution in [0, 0.1) is 22.9 Å². The first kappa shape index (κ1) is 13.2. The van der Waals surface area contributed by atoms with E-state index in [1.165, 1.54) is 23.1 Å². The number of hydrogen-bond donors (Lipinski definition) is 1. The third-order valence-electron chi connectivity index (χ3n) is 3.18. The largest absolute Gasteiger partial charge is 0.317 e. The highest BCUT2D eigenvalue weighted by Crippen LogP contribution is 2.33. The first-order valence-corrected chi connectivity index (χ1v) is 6.56. The highest BCUT2D eigenvalue weighted by molar-refractivity contribution is 9.10. The third-order valence-corrected chi connectivity index (χ3v) is 3.63. The molecule has 1 aliphatic rings. The number of benzene rings is 2. The molecule has 1 aliphatic heterocycles. The molecule has 1 N–H and O–H groups in total. The first-order valence-electron chi connectivity index (χ1n) is 5.77. The van der Waals surface area contributed by atoms with Gasteiger partial charge in [0.15, 0.2) is 11.6 Å². The molecule has 0 radical (unpaired) electrons. The SMILES string of the molecule is N=C1c2cc(F)ccc2CN1c1c(F)cc(Br)cc1F. The van der Waals surface area contributed by atoms with Gasteiger partial charge >= 0.3 is 0 Å². The Kier molecular flexibility index (Phi) is 3.05. The molecule has 0 bridgehead atoms. The molecule has 0 amide bonds. The van der Waals surface area contributed by atoms with Crippen LogP contribution in [0.5, 0.6) is 0 Å². The van der Waals surface area contributed by atoms with Crippen molar-refractivity contribution in [3.63, 3.8) is 0 Å². The summed E-state index contributed by atoms with van der Waals surface area (Å²) in [5, 5.41) is 7.98. The normalized spacial score (nSPS) is 13.8. The lowest BCUT2D eigenvalue weighted by molar-refractivity contribution is 0.580. The van der Waals surface area contributed by atoms with Gasteiger partial charge in [-0.3, -0.25) is 5.41 Å². The van der Waals surface area contributed by atoms with Gasteiger partial charge in [-0.25, -0.2) is 13.2 Å². The van der Waals surface area contributed by atoms with Crippen LogP contribution < -0.4 is 4.90 Å². The van der Waals surface area contributed by atoms with E-state index in [4.69, 9.17) is 5.41 Å². The Morgan fingerprint density at radius 3 is 2.35 bits per heavy atom. The Morgan fingerprint density at radius 2 is 1.70 bits per heavy atom. The lowest BCUT2D eigenvalue weighted by Crippen LogP contribution is -2.25. The minimum Gasteiger partial charge on any atom is -0.317 e. The second-order valence-electron chi connectivity index (χ2n) is 4.45. The third kappa shape index (κ3) is 2.00. The van der Waals surface area contributed by atoms with Crippen molar-refractivity contribution in [1.82, 2.24) is 0 Å². The van der Waals surface area contributed by atoms with E-state index in [-0.39, 0.29) is 22.5 Å². The number of halogens is 4. The second-order valence-corrected chi connectivity index (χ2v) is 5.37. The zero-order valence-corrected chi connectivity index (χ0v) is 11.6. The van der Waals surface area contributed by atoms with Crippen LogP contribution in [-0.4, -0.2) is 5.84 Å². The summed E-state index contributed by atoms with van der Waals surface area (Å²) in [5.41, 5.74) is 0.722. The maximum atomic E-state index is 14.0. The monoisotopic (exact) mass is 340 g/mol. The van der Waals surface area contributed by atoms with E-state index in [2.05, 4.69) is 15.9 Å². The number of anilines is 1. The summed E-state index contributed by atoms with van der Waals surface area (Å²) < 4.78 is 41.4. The van der Waals surface area contributed by atoms with Gasteiger partial charge in [0.25, 0.3) is 0 Å². The number of hydrogen-bond acceptors (Lipinski definition) is 1. The molecule has 1 heterocycles. The molecule has 2 aromatic carbocycles. The summed E-state index contributed by atoms with van der Waals surface area (Å²) in [6.45, 7) is 0.143. The highest BCUT2D eigenvalue weighted by Gasteiger charge is 2.29. The van der Waals surface area contributed by atoms with Gasteiger partial charge < -0.3 is 4.90 Å². The summed E-state index contributed by atoms with van der Waals surface area (Å²) in [7, 11) is 0. The number of rotatable bonds is 1. The van der Waals surface area contributed by atoms with Gasteiger partial charge in [-0.2, -0.15) is 0 Å². The minimum atomic E-state index is -0.769. The maximum absolute atomic E-state index is 14.0. The second kappa shape index (κ2) is 4.63. The van der Waals surface area contributed by atoms with E-state index < -0.39 is 17.5 Å². The number of amidine groups is 1. The van der Waals surface area contributed by atoms with Crippen LogP contribution in [0.25, 0.3) is 0 Å². The molecule has 6 heteroatoms. The molecular weight excluding hydrogens is 333 g/mol. The van der Waals surface area contributed by atoms with E-state index >= 15 is 0 Å². The predicted molar refractivity (Wildman–Crippen MR) is 73.5 cm³/mol. The molecule has 0 saturated carbocycles. The number of fused-ring (bicyclic) bond motifs is 1. The number of nitrogens with zero attached hydrogens (tertiary/aromatic N) is 1. The molecule has 0 aliphatic carbocycles. The molecule has 2 nitrogen and oxygen atoms in total. The fourth-order valence-electron chi connectivity index (χ4n) is 2.29. The Morgan fingerprint density at radius 1 is 1.05 bits per heavy atom. The molecule has 0 saturated heterocycles. The summed E-state index contributed by atoms with van der Waals surface area (Å²) in [5.74, 6) is -2.13. The fraction of sp³-hybridized carbons (Fsp3) is 0.0714. The number of nitrogens with one attached hydrogen (secondary N) is 1. The van der Waals surface area contributed by atoms with Gasteiger partial charge in [0.05, 0.1) is 6.54 Å². The van der Waals surface area contributed by atoms with Crippen molar-refractivity contribution >= 4 is 27.5 Å². The average molecular weight is 341 g/mol. The Balaban J connectivity index is 2.09. The van der Waals surface area contributed by atoms with Crippen molar-refractivity contribution in [3.8, 4) is 0 Å². The lowest BCUT2D eigenvalue weighted by atomic mass is 10.1. The van der Waals surface area contributed by atoms with Crippen LogP contribution in [0.15, 0.2) is 34.8 Å². The van der Waals surface area contributed by atoms with Crippen molar-refractivity contribution in [1.29, 1.82) is 5.41 Å². The molecule has 20 heavy (non-hydrogen) atoms. The van der Waals surface area contributed by atoms with E-state index in [9.17, 15) is 13.2 Å². The Labute approximate surface area is 121 Å². The first-order chi connectivity index (χ1) is 9.47. The average Bonchev–Trinajstić information content (AvgIpc) is 2.66. The molecular formula is C14H8BrF3N2. The zero-order chi connectivity index (χ0) is 14.4. The summed E-state index contributed by atoms with van der Waals surface area (Å²) in [6.07, 6.45) is 0. The summed E-state index contributed by atoms with van der Waals surface area (Å²) >= 11 is 3.01. The van der Waals surface area contributed by atoms with Crippen molar-refractivity contribution in [3.05, 3.63) is 63.4 Å². The fourth-order valence-corrected chi connectivity index (χ4v) is 2.69. The molecule has 0 unspecified atom stereocenters. The molecule has 0 aromatic heterocycles. The van der Waals surface area contributed by atoms with Gasteiger partial charge in [-0.05, 0) is 29.8 Å². The standard InChI is InChI=1S/C14H8BrF3N2/c15-8-3-11(17)13(12(18)4-8)20-6-7-1-2-9(16)5-10(7)14(20)19/h1-5,19H,6H2. The van der Waals surface area contributed by atoms with Crippen LogP contribution >= 0.6 is 15.9 Å². The van der Waals surface area contributed by atoms with E-state index in [0.717, 1.165) is 12.1 Å². The van der Waals surface area contributed by atoms with E-state index in [1.807, 2.05) is 0 Å². The molecule has 0 fully saturated rings. The smallest absolute Gasteiger partial charge is 0.151 e. The van der Waals surface area contributed by atoms with Crippen molar-refractivity contribution in [2.24, 2.45) is 0 Å². The van der Waals surface area contributed by atoms with Gasteiger partial charge in [-0.1, -0.05) is 22.0 Å². The van der Waals surface area contributed by atoms with Gasteiger partial charge in [0.2, 0.25) is 0 Å². The highest BCUT2D eigenvalue weighted by atomic mass is 79.9. The van der Waals surface area contributed by atoms with Gasteiger partial charge in [-0.15, -0.1) is 0 Å². The van der Waals surface area contributed by atoms with Crippen molar-refractivity contribution < 1.29 is 13.2 Å². The van der Waals surface area contributed by atoms with Crippen LogP contribution in [0.4, 0.5) is 18.9 Å². The van der Waals surface area contributed by atoms with E-state index in [1.54, 1.807) is 0 Å². The van der Waals surface area contributed by atoms with Crippen LogP contribution in [0.2, 0.25) is 0 Å². The minimum absolute atomic E-state index is 0.111. The van der Waals surface area contributed by atoms with Crippen LogP contribution in [-0.2, 0) is 6.54 Å². The van der Waals surface area contributed by atoms with Crippen molar-refractivity contribution in [2.75, 3.05) is 4.90 Å². The van der Waals surface area contributed by atoms with Gasteiger partial charge in [0.1, 0.15) is 17.3 Å². The molecule has 102 valence electrons. The zero-order valence-electron chi connectivity index (χ0n) is 10.1.